The van der Waals surface area contributed by atoms with E-state index < -0.39 is 0 Å². The van der Waals surface area contributed by atoms with Gasteiger partial charge in [0.2, 0.25) is 11.8 Å². The van der Waals surface area contributed by atoms with Gasteiger partial charge in [0, 0.05) is 17.8 Å². The van der Waals surface area contributed by atoms with Crippen molar-refractivity contribution in [3.63, 3.8) is 0 Å². The van der Waals surface area contributed by atoms with Crippen molar-refractivity contribution in [1.82, 2.24) is 15.3 Å². The molecule has 88 valence electrons. The zero-order chi connectivity index (χ0) is 12.1. The highest BCUT2D eigenvalue weighted by Crippen LogP contribution is 2.10. The molecular weight excluding hydrogens is 224 g/mol. The van der Waals surface area contributed by atoms with E-state index >= 15 is 0 Å². The molecule has 1 aromatic rings. The van der Waals surface area contributed by atoms with Crippen LogP contribution in [0.4, 0.5) is 5.95 Å². The fourth-order valence-corrected chi connectivity index (χ4v) is 1.43. The molecule has 2 N–H and O–H groups in total. The summed E-state index contributed by atoms with van der Waals surface area (Å²) in [6.45, 7) is 5.88. The Kier molecular flexibility index (Phi) is 4.42. The lowest BCUT2D eigenvalue weighted by molar-refractivity contribution is 0.397. The van der Waals surface area contributed by atoms with Gasteiger partial charge in [-0.3, -0.25) is 0 Å². The molecule has 5 nitrogen and oxygen atoms in total. The molecular formula is C10H16N4OS. The van der Waals surface area contributed by atoms with Crippen LogP contribution >= 0.6 is 12.2 Å². The number of hydrogen-bond acceptors (Lipinski definition) is 4. The van der Waals surface area contributed by atoms with Gasteiger partial charge in [0.1, 0.15) is 0 Å². The smallest absolute Gasteiger partial charge is 0.232 e. The maximum atomic E-state index is 5.09. The Morgan fingerprint density at radius 2 is 2.12 bits per heavy atom. The van der Waals surface area contributed by atoms with Crippen molar-refractivity contribution >= 4 is 23.3 Å². The predicted octanol–water partition coefficient (Wildman–Crippen LogP) is 1.49. The lowest BCUT2D eigenvalue weighted by Crippen LogP contribution is -2.34. The van der Waals surface area contributed by atoms with Crippen LogP contribution in [0, 0.1) is 6.92 Å². The molecule has 0 saturated carbocycles. The van der Waals surface area contributed by atoms with E-state index in [1.54, 1.807) is 13.2 Å². The molecule has 0 amide bonds. The average molecular weight is 240 g/mol. The normalized spacial score (nSPS) is 10.1. The molecule has 0 saturated heterocycles. The maximum Gasteiger partial charge on any atom is 0.232 e. The highest BCUT2D eigenvalue weighted by atomic mass is 32.1. The topological polar surface area (TPSA) is 59.1 Å². The number of ether oxygens (including phenoxy) is 1. The van der Waals surface area contributed by atoms with Gasteiger partial charge in [-0.05, 0) is 33.0 Å². The van der Waals surface area contributed by atoms with Gasteiger partial charge in [0.25, 0.3) is 0 Å². The molecule has 16 heavy (non-hydrogen) atoms. The summed E-state index contributed by atoms with van der Waals surface area (Å²) in [5.74, 6) is 0.956. The van der Waals surface area contributed by atoms with Crippen LogP contribution in [-0.2, 0) is 0 Å². The fourth-order valence-electron chi connectivity index (χ4n) is 1.10. The van der Waals surface area contributed by atoms with E-state index in [0.717, 1.165) is 5.69 Å². The molecule has 0 aliphatic carbocycles. The Labute approximate surface area is 101 Å². The molecule has 6 heteroatoms. The number of aromatic nitrogens is 2. The van der Waals surface area contributed by atoms with Crippen LogP contribution in [0.3, 0.4) is 0 Å². The van der Waals surface area contributed by atoms with Crippen molar-refractivity contribution in [2.75, 3.05) is 12.4 Å². The Morgan fingerprint density at radius 3 is 2.69 bits per heavy atom. The van der Waals surface area contributed by atoms with Crippen LogP contribution in [0.25, 0.3) is 0 Å². The van der Waals surface area contributed by atoms with Gasteiger partial charge in [0.15, 0.2) is 5.11 Å². The first-order valence-electron chi connectivity index (χ1n) is 4.98. The molecule has 0 unspecified atom stereocenters. The van der Waals surface area contributed by atoms with Crippen molar-refractivity contribution in [1.29, 1.82) is 0 Å². The first-order chi connectivity index (χ1) is 7.51. The first-order valence-corrected chi connectivity index (χ1v) is 5.39. The number of nitrogens with zero attached hydrogens (tertiary/aromatic N) is 2. The minimum absolute atomic E-state index is 0.270. The summed E-state index contributed by atoms with van der Waals surface area (Å²) in [7, 11) is 1.57. The second-order valence-electron chi connectivity index (χ2n) is 3.63. The molecule has 1 heterocycles. The Hall–Kier alpha value is -1.43. The molecule has 0 aromatic carbocycles. The van der Waals surface area contributed by atoms with E-state index in [-0.39, 0.29) is 6.04 Å². The van der Waals surface area contributed by atoms with Crippen LogP contribution < -0.4 is 15.4 Å². The van der Waals surface area contributed by atoms with Crippen molar-refractivity contribution in [3.8, 4) is 5.88 Å². The monoisotopic (exact) mass is 240 g/mol. The molecule has 0 bridgehead atoms. The molecule has 0 spiro atoms. The maximum absolute atomic E-state index is 5.09. The van der Waals surface area contributed by atoms with Gasteiger partial charge in [-0.25, -0.2) is 4.98 Å². The quantitative estimate of drug-likeness (QED) is 0.781. The third kappa shape index (κ3) is 3.98. The summed E-state index contributed by atoms with van der Waals surface area (Å²) >= 11 is 5.09. The van der Waals surface area contributed by atoms with E-state index in [4.69, 9.17) is 17.0 Å². The van der Waals surface area contributed by atoms with Crippen LogP contribution in [0.2, 0.25) is 0 Å². The summed E-state index contributed by atoms with van der Waals surface area (Å²) in [6.07, 6.45) is 0. The zero-order valence-corrected chi connectivity index (χ0v) is 10.7. The number of methoxy groups -OCH3 is 1. The second kappa shape index (κ2) is 5.60. The lowest BCUT2D eigenvalue weighted by Gasteiger charge is -2.12. The Morgan fingerprint density at radius 1 is 1.44 bits per heavy atom. The van der Waals surface area contributed by atoms with Gasteiger partial charge in [-0.1, -0.05) is 0 Å². The van der Waals surface area contributed by atoms with E-state index in [1.807, 2.05) is 20.8 Å². The Balaban J connectivity index is 2.73. The van der Waals surface area contributed by atoms with Gasteiger partial charge >= 0.3 is 0 Å². The molecule has 1 rings (SSSR count). The summed E-state index contributed by atoms with van der Waals surface area (Å²) in [4.78, 5) is 8.33. The van der Waals surface area contributed by atoms with Crippen molar-refractivity contribution in [2.24, 2.45) is 0 Å². The van der Waals surface area contributed by atoms with Gasteiger partial charge < -0.3 is 15.4 Å². The largest absolute Gasteiger partial charge is 0.481 e. The number of anilines is 1. The van der Waals surface area contributed by atoms with Crippen LogP contribution in [0.1, 0.15) is 19.5 Å². The standard InChI is InChI=1S/C10H16N4OS/c1-6(2)11-10(16)14-9-12-7(3)5-8(13-9)15-4/h5-6H,1-4H3,(H2,11,12,13,14,16). The minimum atomic E-state index is 0.270. The van der Waals surface area contributed by atoms with Gasteiger partial charge in [-0.15, -0.1) is 0 Å². The van der Waals surface area contributed by atoms with Crippen molar-refractivity contribution < 1.29 is 4.74 Å². The number of hydrogen-bond donors (Lipinski definition) is 2. The number of aryl methyl sites for hydroxylation is 1. The zero-order valence-electron chi connectivity index (χ0n) is 9.87. The second-order valence-corrected chi connectivity index (χ2v) is 4.04. The van der Waals surface area contributed by atoms with Crippen molar-refractivity contribution in [2.45, 2.75) is 26.8 Å². The van der Waals surface area contributed by atoms with Gasteiger partial charge in [0.05, 0.1) is 7.11 Å². The predicted molar refractivity (Wildman–Crippen MR) is 67.8 cm³/mol. The summed E-state index contributed by atoms with van der Waals surface area (Å²) in [5.41, 5.74) is 0.821. The SMILES string of the molecule is COc1cc(C)nc(NC(=S)NC(C)C)n1. The van der Waals surface area contributed by atoms with E-state index in [2.05, 4.69) is 20.6 Å². The van der Waals surface area contributed by atoms with Gasteiger partial charge in [-0.2, -0.15) is 4.98 Å². The van der Waals surface area contributed by atoms with Crippen LogP contribution in [0.15, 0.2) is 6.07 Å². The van der Waals surface area contributed by atoms with E-state index in [0.29, 0.717) is 16.9 Å². The molecule has 1 aromatic heterocycles. The molecule has 0 radical (unpaired) electrons. The third-order valence-corrected chi connectivity index (χ3v) is 1.90. The Bertz CT molecular complexity index is 381. The molecule has 0 fully saturated rings. The van der Waals surface area contributed by atoms with Crippen LogP contribution in [0.5, 0.6) is 5.88 Å². The summed E-state index contributed by atoms with van der Waals surface area (Å²) in [6, 6.07) is 2.02. The third-order valence-electron chi connectivity index (χ3n) is 1.68. The number of thiocarbonyl (C=S) groups is 1. The first kappa shape index (κ1) is 12.6. The summed E-state index contributed by atoms with van der Waals surface area (Å²) < 4.78 is 5.04. The van der Waals surface area contributed by atoms with Crippen LogP contribution in [-0.4, -0.2) is 28.2 Å². The minimum Gasteiger partial charge on any atom is -0.481 e. The average Bonchev–Trinajstić information content (AvgIpc) is 2.14. The number of rotatable bonds is 3. The van der Waals surface area contributed by atoms with Crippen molar-refractivity contribution in [3.05, 3.63) is 11.8 Å². The van der Waals surface area contributed by atoms with E-state index in [1.165, 1.54) is 0 Å². The molecule has 0 aliphatic rings. The molecule has 0 atom stereocenters. The fraction of sp³-hybridized carbons (Fsp3) is 0.500. The van der Waals surface area contributed by atoms with E-state index in [9.17, 15) is 0 Å². The lowest BCUT2D eigenvalue weighted by atomic mass is 10.4. The summed E-state index contributed by atoms with van der Waals surface area (Å²) in [5, 5.41) is 6.46. The highest BCUT2D eigenvalue weighted by Gasteiger charge is 2.04. The molecule has 0 aliphatic heterocycles. The number of nitrogens with one attached hydrogen (secondary N) is 2. The highest BCUT2D eigenvalue weighted by molar-refractivity contribution is 7.80.